The molecule has 1 aromatic rings. The molecule has 0 heterocycles. The largest absolute Gasteiger partial charge is 0.466 e. The van der Waals surface area contributed by atoms with Gasteiger partial charge in [0.05, 0.1) is 7.11 Å². The van der Waals surface area contributed by atoms with Crippen molar-refractivity contribution in [2.75, 3.05) is 7.11 Å². The minimum absolute atomic E-state index is 0.205. The van der Waals surface area contributed by atoms with Crippen molar-refractivity contribution < 1.29 is 14.3 Å². The van der Waals surface area contributed by atoms with Gasteiger partial charge in [-0.3, -0.25) is 4.79 Å². The molecule has 0 aromatic heterocycles. The number of rotatable bonds is 3. The van der Waals surface area contributed by atoms with Crippen LogP contribution in [0.5, 0.6) is 0 Å². The van der Waals surface area contributed by atoms with Crippen LogP contribution in [0.4, 0.5) is 0 Å². The van der Waals surface area contributed by atoms with Crippen LogP contribution in [0, 0.1) is 6.92 Å². The molecule has 0 bridgehead atoms. The predicted molar refractivity (Wildman–Crippen MR) is 56.7 cm³/mol. The van der Waals surface area contributed by atoms with Crippen molar-refractivity contribution in [3.8, 4) is 0 Å². The number of aryl methyl sites for hydroxylation is 1. The number of ether oxygens (including phenoxy) is 1. The Morgan fingerprint density at radius 1 is 1.27 bits per heavy atom. The fourth-order valence-electron chi connectivity index (χ4n) is 1.11. The molecule has 0 radical (unpaired) electrons. The van der Waals surface area contributed by atoms with Crippen LogP contribution in [0.15, 0.2) is 36.4 Å². The van der Waals surface area contributed by atoms with Crippen molar-refractivity contribution in [1.82, 2.24) is 0 Å². The first-order valence-electron chi connectivity index (χ1n) is 4.50. The number of ketones is 1. The highest BCUT2D eigenvalue weighted by Crippen LogP contribution is 2.05. The van der Waals surface area contributed by atoms with Gasteiger partial charge < -0.3 is 4.74 Å². The molecule has 78 valence electrons. The molecule has 0 saturated carbocycles. The number of carbonyl (C=O) groups excluding carboxylic acids is 2. The Hall–Kier alpha value is -1.90. The molecule has 0 aliphatic heterocycles. The van der Waals surface area contributed by atoms with Crippen LogP contribution in [0.25, 0.3) is 0 Å². The second-order valence-corrected chi connectivity index (χ2v) is 3.09. The highest BCUT2D eigenvalue weighted by molar-refractivity contribution is 6.07. The summed E-state index contributed by atoms with van der Waals surface area (Å²) in [7, 11) is 1.27. The summed E-state index contributed by atoms with van der Waals surface area (Å²) in [5, 5.41) is 0. The summed E-state index contributed by atoms with van der Waals surface area (Å²) in [5.41, 5.74) is 1.57. The van der Waals surface area contributed by atoms with Gasteiger partial charge in [-0.25, -0.2) is 4.79 Å². The lowest BCUT2D eigenvalue weighted by molar-refractivity contribution is -0.134. The van der Waals surface area contributed by atoms with Gasteiger partial charge in [0, 0.05) is 11.6 Å². The third kappa shape index (κ3) is 3.38. The fraction of sp³-hybridized carbons (Fsp3) is 0.167. The standard InChI is InChI=1S/C12H12O3/c1-9-4-3-5-10(8-9)11(13)6-7-12(14)15-2/h3-8H,1-2H3. The van der Waals surface area contributed by atoms with Crippen LogP contribution in [-0.4, -0.2) is 18.9 Å². The molecule has 0 atom stereocenters. The number of esters is 1. The number of benzene rings is 1. The van der Waals surface area contributed by atoms with Gasteiger partial charge in [-0.05, 0) is 19.1 Å². The lowest BCUT2D eigenvalue weighted by Gasteiger charge is -1.96. The quantitative estimate of drug-likeness (QED) is 0.429. The van der Waals surface area contributed by atoms with E-state index in [9.17, 15) is 9.59 Å². The Morgan fingerprint density at radius 3 is 2.60 bits per heavy atom. The van der Waals surface area contributed by atoms with E-state index in [-0.39, 0.29) is 5.78 Å². The van der Waals surface area contributed by atoms with E-state index in [0.29, 0.717) is 5.56 Å². The maximum Gasteiger partial charge on any atom is 0.330 e. The monoisotopic (exact) mass is 204 g/mol. The van der Waals surface area contributed by atoms with Crippen molar-refractivity contribution in [3.63, 3.8) is 0 Å². The van der Waals surface area contributed by atoms with Crippen LogP contribution in [0.3, 0.4) is 0 Å². The Labute approximate surface area is 88.4 Å². The summed E-state index contributed by atoms with van der Waals surface area (Å²) < 4.78 is 4.38. The molecule has 0 saturated heterocycles. The lowest BCUT2D eigenvalue weighted by Crippen LogP contribution is -1.99. The van der Waals surface area contributed by atoms with Crippen molar-refractivity contribution in [1.29, 1.82) is 0 Å². The molecule has 0 unspecified atom stereocenters. The van der Waals surface area contributed by atoms with Gasteiger partial charge in [0.25, 0.3) is 0 Å². The highest BCUT2D eigenvalue weighted by Gasteiger charge is 2.02. The van der Waals surface area contributed by atoms with Gasteiger partial charge in [0.15, 0.2) is 5.78 Å². The summed E-state index contributed by atoms with van der Waals surface area (Å²) in [6, 6.07) is 7.18. The number of methoxy groups -OCH3 is 1. The van der Waals surface area contributed by atoms with Crippen molar-refractivity contribution in [2.24, 2.45) is 0 Å². The van der Waals surface area contributed by atoms with E-state index < -0.39 is 5.97 Å². The molecule has 0 aliphatic rings. The van der Waals surface area contributed by atoms with Crippen LogP contribution >= 0.6 is 0 Å². The zero-order valence-corrected chi connectivity index (χ0v) is 8.69. The molecule has 0 spiro atoms. The summed E-state index contributed by atoms with van der Waals surface area (Å²) in [6.07, 6.45) is 2.32. The SMILES string of the molecule is COC(=O)C=CC(=O)c1cccc(C)c1. The molecule has 1 rings (SSSR count). The lowest BCUT2D eigenvalue weighted by atomic mass is 10.1. The Kier molecular flexibility index (Phi) is 3.80. The fourth-order valence-corrected chi connectivity index (χ4v) is 1.11. The van der Waals surface area contributed by atoms with E-state index >= 15 is 0 Å². The van der Waals surface area contributed by atoms with Crippen LogP contribution in [0.1, 0.15) is 15.9 Å². The van der Waals surface area contributed by atoms with Gasteiger partial charge in [-0.2, -0.15) is 0 Å². The molecule has 0 fully saturated rings. The van der Waals surface area contributed by atoms with Crippen molar-refractivity contribution >= 4 is 11.8 Å². The number of hydrogen-bond donors (Lipinski definition) is 0. The smallest absolute Gasteiger partial charge is 0.330 e. The first kappa shape index (κ1) is 11.2. The van der Waals surface area contributed by atoms with Gasteiger partial charge in [-0.1, -0.05) is 23.8 Å². The molecular formula is C12H12O3. The molecule has 1 aromatic carbocycles. The third-order valence-electron chi connectivity index (χ3n) is 1.87. The van der Waals surface area contributed by atoms with Crippen LogP contribution in [0.2, 0.25) is 0 Å². The van der Waals surface area contributed by atoms with Gasteiger partial charge in [0.1, 0.15) is 0 Å². The third-order valence-corrected chi connectivity index (χ3v) is 1.87. The zero-order chi connectivity index (χ0) is 11.3. The molecule has 15 heavy (non-hydrogen) atoms. The van der Waals surface area contributed by atoms with Crippen LogP contribution < -0.4 is 0 Å². The Morgan fingerprint density at radius 2 is 2.00 bits per heavy atom. The summed E-state index contributed by atoms with van der Waals surface area (Å²) in [4.78, 5) is 22.3. The summed E-state index contributed by atoms with van der Waals surface area (Å²) in [6.45, 7) is 1.90. The average Bonchev–Trinajstić information content (AvgIpc) is 2.25. The molecule has 0 aliphatic carbocycles. The minimum atomic E-state index is -0.531. The Balaban J connectivity index is 2.78. The zero-order valence-electron chi connectivity index (χ0n) is 8.69. The highest BCUT2D eigenvalue weighted by atomic mass is 16.5. The second kappa shape index (κ2) is 5.10. The normalized spacial score (nSPS) is 10.3. The number of allylic oxidation sites excluding steroid dienone is 1. The van der Waals surface area contributed by atoms with E-state index in [1.807, 2.05) is 13.0 Å². The van der Waals surface area contributed by atoms with Gasteiger partial charge in [-0.15, -0.1) is 0 Å². The average molecular weight is 204 g/mol. The second-order valence-electron chi connectivity index (χ2n) is 3.09. The summed E-state index contributed by atoms with van der Waals surface area (Å²) >= 11 is 0. The van der Waals surface area contributed by atoms with E-state index in [2.05, 4.69) is 4.74 Å². The molecular weight excluding hydrogens is 192 g/mol. The van der Waals surface area contributed by atoms with Crippen LogP contribution in [-0.2, 0) is 9.53 Å². The predicted octanol–water partition coefficient (Wildman–Crippen LogP) is 1.91. The van der Waals surface area contributed by atoms with E-state index in [1.54, 1.807) is 18.2 Å². The molecule has 3 nitrogen and oxygen atoms in total. The minimum Gasteiger partial charge on any atom is -0.466 e. The molecule has 0 N–H and O–H groups in total. The first-order valence-corrected chi connectivity index (χ1v) is 4.50. The number of carbonyl (C=O) groups is 2. The van der Waals surface area contributed by atoms with E-state index in [1.165, 1.54) is 13.2 Å². The Bertz CT molecular complexity index is 405. The maximum absolute atomic E-state index is 11.5. The number of hydrogen-bond acceptors (Lipinski definition) is 3. The van der Waals surface area contributed by atoms with E-state index in [4.69, 9.17) is 0 Å². The molecule has 0 amide bonds. The molecule has 3 heteroatoms. The maximum atomic E-state index is 11.5. The summed E-state index contributed by atoms with van der Waals surface area (Å²) in [5.74, 6) is -0.736. The van der Waals surface area contributed by atoms with Crippen molar-refractivity contribution in [2.45, 2.75) is 6.92 Å². The van der Waals surface area contributed by atoms with Crippen molar-refractivity contribution in [3.05, 3.63) is 47.5 Å². The first-order chi connectivity index (χ1) is 7.13. The van der Waals surface area contributed by atoms with E-state index in [0.717, 1.165) is 11.6 Å². The topological polar surface area (TPSA) is 43.4 Å². The van der Waals surface area contributed by atoms with Gasteiger partial charge in [0.2, 0.25) is 0 Å². The van der Waals surface area contributed by atoms with Gasteiger partial charge >= 0.3 is 5.97 Å².